The van der Waals surface area contributed by atoms with Crippen molar-refractivity contribution in [2.75, 3.05) is 12.4 Å². The molecule has 0 aliphatic heterocycles. The first kappa shape index (κ1) is 12.9. The Balaban J connectivity index is 2.05. The molecule has 0 spiro atoms. The number of benzene rings is 1. The zero-order chi connectivity index (χ0) is 13.8. The molecule has 2 N–H and O–H groups in total. The molecule has 1 aromatic heterocycles. The number of carbonyl (C=O) groups is 1. The van der Waals surface area contributed by atoms with Crippen molar-refractivity contribution in [3.05, 3.63) is 35.4 Å². The third kappa shape index (κ3) is 3.03. The molecule has 1 aromatic carbocycles. The molecular weight excluding hydrogens is 258 g/mol. The van der Waals surface area contributed by atoms with Crippen molar-refractivity contribution in [3.63, 3.8) is 0 Å². The average molecular weight is 268 g/mol. The number of ether oxygens (including phenoxy) is 1. The van der Waals surface area contributed by atoms with Gasteiger partial charge in [-0.3, -0.25) is 10.1 Å². The zero-order valence-electron chi connectivity index (χ0n) is 9.91. The third-order valence-electron chi connectivity index (χ3n) is 2.30. The van der Waals surface area contributed by atoms with Crippen LogP contribution in [-0.4, -0.2) is 28.2 Å². The molecule has 0 radical (unpaired) electrons. The lowest BCUT2D eigenvalue weighted by molar-refractivity contribution is -0.115. The lowest BCUT2D eigenvalue weighted by atomic mass is 10.1. The molecule has 1 amide bonds. The Bertz CT molecular complexity index is 580. The number of H-pyrrole nitrogens is 1. The molecule has 2 aromatic rings. The summed E-state index contributed by atoms with van der Waals surface area (Å²) >= 11 is 0. The Hall–Kier alpha value is -2.51. The Kier molecular flexibility index (Phi) is 3.69. The number of nitrogens with one attached hydrogen (secondary N) is 2. The predicted molar refractivity (Wildman–Crippen MR) is 61.6 cm³/mol. The van der Waals surface area contributed by atoms with E-state index in [2.05, 4.69) is 20.5 Å². The van der Waals surface area contributed by atoms with Gasteiger partial charge in [-0.15, -0.1) is 5.10 Å². The van der Waals surface area contributed by atoms with E-state index in [4.69, 9.17) is 4.74 Å². The number of carbonyl (C=O) groups excluding carboxylic acids is 1. The van der Waals surface area contributed by atoms with E-state index >= 15 is 0 Å². The van der Waals surface area contributed by atoms with Gasteiger partial charge in [-0.1, -0.05) is 6.07 Å². The minimum absolute atomic E-state index is 0.0404. The number of halogens is 2. The van der Waals surface area contributed by atoms with Crippen LogP contribution in [0.2, 0.25) is 0 Å². The molecule has 0 aliphatic carbocycles. The molecule has 2 rings (SSSR count). The van der Waals surface area contributed by atoms with E-state index in [9.17, 15) is 13.6 Å². The fraction of sp³-hybridized carbons (Fsp3) is 0.182. The summed E-state index contributed by atoms with van der Waals surface area (Å²) in [4.78, 5) is 15.4. The molecule has 8 heteroatoms. The zero-order valence-corrected chi connectivity index (χ0v) is 9.91. The van der Waals surface area contributed by atoms with Gasteiger partial charge in [0, 0.05) is 5.56 Å². The maximum absolute atomic E-state index is 13.3. The molecule has 1 heterocycles. The van der Waals surface area contributed by atoms with Gasteiger partial charge in [-0.05, 0) is 12.1 Å². The summed E-state index contributed by atoms with van der Waals surface area (Å²) in [5, 5.41) is 8.32. The highest BCUT2D eigenvalue weighted by molar-refractivity contribution is 5.90. The Morgan fingerprint density at radius 1 is 1.42 bits per heavy atom. The van der Waals surface area contributed by atoms with Crippen LogP contribution in [0.4, 0.5) is 14.7 Å². The van der Waals surface area contributed by atoms with Crippen LogP contribution < -0.4 is 10.1 Å². The number of nitrogens with zero attached hydrogens (tertiary/aromatic N) is 2. The second-order valence-corrected chi connectivity index (χ2v) is 3.60. The number of aromatic nitrogens is 3. The highest BCUT2D eigenvalue weighted by atomic mass is 19.1. The largest absolute Gasteiger partial charge is 0.466 e. The molecule has 0 saturated heterocycles. The number of aromatic amines is 1. The maximum Gasteiger partial charge on any atom is 0.336 e. The lowest BCUT2D eigenvalue weighted by Crippen LogP contribution is -2.17. The smallest absolute Gasteiger partial charge is 0.336 e. The molecule has 0 unspecified atom stereocenters. The average Bonchev–Trinajstić information content (AvgIpc) is 2.81. The summed E-state index contributed by atoms with van der Waals surface area (Å²) in [5.41, 5.74) is -0.300. The van der Waals surface area contributed by atoms with Crippen molar-refractivity contribution in [3.8, 4) is 6.01 Å². The molecule has 0 saturated carbocycles. The second-order valence-electron chi connectivity index (χ2n) is 3.60. The third-order valence-corrected chi connectivity index (χ3v) is 2.30. The van der Waals surface area contributed by atoms with E-state index in [1.807, 2.05) is 0 Å². The number of anilines is 1. The standard InChI is InChI=1S/C11H10F2N4O2/c1-19-11-15-10(16-17-11)14-9(18)5-6-7(12)3-2-4-8(6)13/h2-4H,5H2,1H3,(H2,14,15,16,17,18). The van der Waals surface area contributed by atoms with Crippen LogP contribution in [0, 0.1) is 11.6 Å². The number of amides is 1. The van der Waals surface area contributed by atoms with E-state index < -0.39 is 24.0 Å². The van der Waals surface area contributed by atoms with Crippen LogP contribution in [-0.2, 0) is 11.2 Å². The van der Waals surface area contributed by atoms with Crippen LogP contribution in [0.15, 0.2) is 18.2 Å². The van der Waals surface area contributed by atoms with Gasteiger partial charge in [0.15, 0.2) is 0 Å². The molecule has 0 atom stereocenters. The monoisotopic (exact) mass is 268 g/mol. The fourth-order valence-electron chi connectivity index (χ4n) is 1.43. The van der Waals surface area contributed by atoms with Crippen molar-refractivity contribution in [2.24, 2.45) is 0 Å². The van der Waals surface area contributed by atoms with E-state index in [0.717, 1.165) is 12.1 Å². The van der Waals surface area contributed by atoms with Crippen LogP contribution in [0.25, 0.3) is 0 Å². The van der Waals surface area contributed by atoms with Crippen LogP contribution >= 0.6 is 0 Å². The van der Waals surface area contributed by atoms with Crippen molar-refractivity contribution in [2.45, 2.75) is 6.42 Å². The molecule has 0 fully saturated rings. The molecule has 6 nitrogen and oxygen atoms in total. The molecule has 0 bridgehead atoms. The van der Waals surface area contributed by atoms with Gasteiger partial charge >= 0.3 is 6.01 Å². The van der Waals surface area contributed by atoms with E-state index in [-0.39, 0.29) is 17.5 Å². The number of hydrogen-bond donors (Lipinski definition) is 2. The number of methoxy groups -OCH3 is 1. The Morgan fingerprint density at radius 3 is 2.68 bits per heavy atom. The first-order valence-electron chi connectivity index (χ1n) is 5.29. The van der Waals surface area contributed by atoms with E-state index in [1.165, 1.54) is 13.2 Å². The van der Waals surface area contributed by atoms with Gasteiger partial charge in [-0.2, -0.15) is 4.98 Å². The summed E-state index contributed by atoms with van der Waals surface area (Å²) in [5.74, 6) is -2.13. The molecule has 0 aliphatic rings. The SMILES string of the molecule is COc1n[nH]c(NC(=O)Cc2c(F)cccc2F)n1. The van der Waals surface area contributed by atoms with Crippen molar-refractivity contribution in [1.82, 2.24) is 15.2 Å². The summed E-state index contributed by atoms with van der Waals surface area (Å²) in [7, 11) is 1.36. The highest BCUT2D eigenvalue weighted by Gasteiger charge is 2.14. The van der Waals surface area contributed by atoms with Crippen molar-refractivity contribution < 1.29 is 18.3 Å². The van der Waals surface area contributed by atoms with Crippen LogP contribution in [0.3, 0.4) is 0 Å². The summed E-state index contributed by atoms with van der Waals surface area (Å²) in [6, 6.07) is 3.45. The lowest BCUT2D eigenvalue weighted by Gasteiger charge is -2.04. The van der Waals surface area contributed by atoms with Crippen LogP contribution in [0.1, 0.15) is 5.56 Å². The van der Waals surface area contributed by atoms with Gasteiger partial charge in [-0.25, -0.2) is 13.9 Å². The first-order chi connectivity index (χ1) is 9.10. The Morgan fingerprint density at radius 2 is 2.11 bits per heavy atom. The van der Waals surface area contributed by atoms with Gasteiger partial charge in [0.1, 0.15) is 11.6 Å². The first-order valence-corrected chi connectivity index (χ1v) is 5.29. The van der Waals surface area contributed by atoms with Crippen LogP contribution in [0.5, 0.6) is 6.01 Å². The quantitative estimate of drug-likeness (QED) is 0.875. The minimum atomic E-state index is -0.773. The van der Waals surface area contributed by atoms with Gasteiger partial charge in [0.25, 0.3) is 0 Å². The van der Waals surface area contributed by atoms with Gasteiger partial charge in [0.05, 0.1) is 13.5 Å². The molecule has 19 heavy (non-hydrogen) atoms. The second kappa shape index (κ2) is 5.42. The maximum atomic E-state index is 13.3. The van der Waals surface area contributed by atoms with Gasteiger partial charge in [0.2, 0.25) is 11.9 Å². The summed E-state index contributed by atoms with van der Waals surface area (Å²) in [6.45, 7) is 0. The van der Waals surface area contributed by atoms with Crippen molar-refractivity contribution in [1.29, 1.82) is 0 Å². The highest BCUT2D eigenvalue weighted by Crippen LogP contribution is 2.13. The molecule has 100 valence electrons. The predicted octanol–water partition coefficient (Wildman–Crippen LogP) is 1.27. The van der Waals surface area contributed by atoms with Crippen molar-refractivity contribution >= 4 is 11.9 Å². The van der Waals surface area contributed by atoms with E-state index in [0.29, 0.717) is 0 Å². The fourth-order valence-corrected chi connectivity index (χ4v) is 1.43. The van der Waals surface area contributed by atoms with Gasteiger partial charge < -0.3 is 4.74 Å². The normalized spacial score (nSPS) is 10.3. The summed E-state index contributed by atoms with van der Waals surface area (Å²) in [6.07, 6.45) is -0.443. The number of rotatable bonds is 4. The molecular formula is C11H10F2N4O2. The number of hydrogen-bond acceptors (Lipinski definition) is 4. The topological polar surface area (TPSA) is 79.9 Å². The Labute approximate surface area is 106 Å². The minimum Gasteiger partial charge on any atom is -0.466 e. The van der Waals surface area contributed by atoms with E-state index in [1.54, 1.807) is 0 Å². The summed E-state index contributed by atoms with van der Waals surface area (Å²) < 4.78 is 31.4.